The maximum Gasteiger partial charge on any atom is 0.161 e. The Bertz CT molecular complexity index is 506. The van der Waals surface area contributed by atoms with E-state index in [1.165, 1.54) is 19.3 Å². The average molecular weight is 353 g/mol. The standard InChI is InChI=1S/C19H29O6/c1-2-3-4-5-8-11-24-14-10-7-6-9-13(14)19-18(23)17(22)16(21)15(12-20)25-19/h6-7,9-10,15-18,20-23H,2-5,8,11-12H2,1H3/t15-,16+,17+,18-/m1/s1. The number of unbranched alkanes of at least 4 members (excludes halogenated alkanes) is 4. The van der Waals surface area contributed by atoms with Crippen LogP contribution in [0.4, 0.5) is 0 Å². The zero-order valence-electron chi connectivity index (χ0n) is 14.7. The first-order valence-corrected chi connectivity index (χ1v) is 9.00. The quantitative estimate of drug-likeness (QED) is 0.501. The molecule has 0 aromatic heterocycles. The number of para-hydroxylation sites is 1. The minimum atomic E-state index is -1.43. The third-order valence-corrected chi connectivity index (χ3v) is 4.44. The van der Waals surface area contributed by atoms with E-state index in [0.717, 1.165) is 12.8 Å². The number of hydrogen-bond acceptors (Lipinski definition) is 6. The Morgan fingerprint density at radius 3 is 2.44 bits per heavy atom. The topological polar surface area (TPSA) is 99.4 Å². The summed E-state index contributed by atoms with van der Waals surface area (Å²) in [6, 6.07) is 7.10. The number of ether oxygens (including phenoxy) is 2. The normalized spacial score (nSPS) is 27.4. The number of rotatable bonds is 9. The molecule has 1 saturated heterocycles. The van der Waals surface area contributed by atoms with Crippen molar-refractivity contribution in [3.8, 4) is 5.75 Å². The number of benzene rings is 1. The summed E-state index contributed by atoms with van der Waals surface area (Å²) in [5, 5.41) is 39.4. The van der Waals surface area contributed by atoms with E-state index in [-0.39, 0.29) is 6.10 Å². The van der Waals surface area contributed by atoms with Gasteiger partial charge in [0.2, 0.25) is 0 Å². The van der Waals surface area contributed by atoms with Crippen LogP contribution in [-0.2, 0) is 4.74 Å². The van der Waals surface area contributed by atoms with Crippen LogP contribution in [0, 0.1) is 6.10 Å². The summed E-state index contributed by atoms with van der Waals surface area (Å²) in [7, 11) is 0. The number of hydrogen-bond donors (Lipinski definition) is 4. The monoisotopic (exact) mass is 353 g/mol. The van der Waals surface area contributed by atoms with Crippen molar-refractivity contribution in [2.24, 2.45) is 0 Å². The Morgan fingerprint density at radius 2 is 1.72 bits per heavy atom. The Hall–Kier alpha value is -1.18. The van der Waals surface area contributed by atoms with E-state index < -0.39 is 31.0 Å². The molecule has 1 radical (unpaired) electrons. The predicted molar refractivity (Wildman–Crippen MR) is 93.0 cm³/mol. The highest BCUT2D eigenvalue weighted by Crippen LogP contribution is 2.36. The van der Waals surface area contributed by atoms with Crippen LogP contribution >= 0.6 is 0 Å². The minimum absolute atomic E-state index is 0.110. The van der Waals surface area contributed by atoms with Crippen molar-refractivity contribution in [3.05, 3.63) is 35.9 Å². The lowest BCUT2D eigenvalue weighted by atomic mass is 9.91. The zero-order chi connectivity index (χ0) is 18.2. The van der Waals surface area contributed by atoms with Crippen LogP contribution in [0.25, 0.3) is 0 Å². The summed E-state index contributed by atoms with van der Waals surface area (Å²) in [5.74, 6) is 0.548. The molecule has 141 valence electrons. The molecule has 1 aromatic rings. The number of aliphatic hydroxyl groups excluding tert-OH is 4. The molecule has 25 heavy (non-hydrogen) atoms. The van der Waals surface area contributed by atoms with E-state index in [9.17, 15) is 20.4 Å². The lowest BCUT2D eigenvalue weighted by Gasteiger charge is -2.39. The largest absolute Gasteiger partial charge is 0.493 e. The smallest absolute Gasteiger partial charge is 0.161 e. The minimum Gasteiger partial charge on any atom is -0.493 e. The molecule has 1 fully saturated rings. The lowest BCUT2D eigenvalue weighted by molar-refractivity contribution is -0.184. The molecule has 0 bridgehead atoms. The highest BCUT2D eigenvalue weighted by Gasteiger charge is 2.45. The molecule has 0 unspecified atom stereocenters. The molecule has 2 rings (SSSR count). The summed E-state index contributed by atoms with van der Waals surface area (Å²) in [6.45, 7) is 2.26. The van der Waals surface area contributed by atoms with Crippen molar-refractivity contribution >= 4 is 0 Å². The molecule has 0 saturated carbocycles. The van der Waals surface area contributed by atoms with Crippen LogP contribution in [-0.4, -0.2) is 58.1 Å². The van der Waals surface area contributed by atoms with Gasteiger partial charge in [0.15, 0.2) is 6.10 Å². The molecule has 4 atom stereocenters. The molecule has 1 aromatic carbocycles. The van der Waals surface area contributed by atoms with Gasteiger partial charge in [0, 0.05) is 5.56 Å². The van der Waals surface area contributed by atoms with Crippen LogP contribution in [0.5, 0.6) is 5.75 Å². The van der Waals surface area contributed by atoms with Crippen LogP contribution < -0.4 is 4.74 Å². The number of aliphatic hydroxyl groups is 4. The molecule has 4 N–H and O–H groups in total. The second-order valence-corrected chi connectivity index (χ2v) is 6.39. The van der Waals surface area contributed by atoms with E-state index in [1.807, 2.05) is 6.07 Å². The molecule has 6 heteroatoms. The summed E-state index contributed by atoms with van der Waals surface area (Å²) < 4.78 is 11.4. The van der Waals surface area contributed by atoms with Gasteiger partial charge in [0.05, 0.1) is 13.2 Å². The van der Waals surface area contributed by atoms with E-state index in [2.05, 4.69) is 6.92 Å². The average Bonchev–Trinajstić information content (AvgIpc) is 2.63. The third-order valence-electron chi connectivity index (χ3n) is 4.44. The van der Waals surface area contributed by atoms with Crippen molar-refractivity contribution in [3.63, 3.8) is 0 Å². The third kappa shape index (κ3) is 5.15. The first-order chi connectivity index (χ1) is 12.1. The molecule has 0 aliphatic carbocycles. The van der Waals surface area contributed by atoms with Crippen LogP contribution in [0.3, 0.4) is 0 Å². The summed E-state index contributed by atoms with van der Waals surface area (Å²) in [6.07, 6.45) is 0.591. The van der Waals surface area contributed by atoms with Crippen LogP contribution in [0.15, 0.2) is 24.3 Å². The van der Waals surface area contributed by atoms with Gasteiger partial charge in [-0.15, -0.1) is 0 Å². The van der Waals surface area contributed by atoms with Crippen molar-refractivity contribution in [1.29, 1.82) is 0 Å². The molecular weight excluding hydrogens is 324 g/mol. The fourth-order valence-corrected chi connectivity index (χ4v) is 2.92. The fraction of sp³-hybridized carbons (Fsp3) is 0.632. The van der Waals surface area contributed by atoms with Crippen LogP contribution in [0.1, 0.15) is 44.6 Å². The van der Waals surface area contributed by atoms with Crippen molar-refractivity contribution in [1.82, 2.24) is 0 Å². The molecule has 0 spiro atoms. The Morgan fingerprint density at radius 1 is 1.00 bits per heavy atom. The predicted octanol–water partition coefficient (Wildman–Crippen LogP) is 1.39. The van der Waals surface area contributed by atoms with Crippen LogP contribution in [0.2, 0.25) is 0 Å². The SMILES string of the molecule is CCCCCCCOc1ccccc1[C]1O[C@H](CO)[C@H](O)[C@H](O)[C@H]1O. The van der Waals surface area contributed by atoms with Gasteiger partial charge in [-0.25, -0.2) is 0 Å². The molecular formula is C19H29O6. The van der Waals surface area contributed by atoms with Gasteiger partial charge in [-0.1, -0.05) is 50.8 Å². The second kappa shape index (κ2) is 10.1. The second-order valence-electron chi connectivity index (χ2n) is 6.39. The fourth-order valence-electron chi connectivity index (χ4n) is 2.92. The Kier molecular flexibility index (Phi) is 8.12. The van der Waals surface area contributed by atoms with E-state index >= 15 is 0 Å². The van der Waals surface area contributed by atoms with Gasteiger partial charge >= 0.3 is 0 Å². The van der Waals surface area contributed by atoms with E-state index in [4.69, 9.17) is 9.47 Å². The van der Waals surface area contributed by atoms with Gasteiger partial charge in [-0.2, -0.15) is 0 Å². The first-order valence-electron chi connectivity index (χ1n) is 9.00. The van der Waals surface area contributed by atoms with Gasteiger partial charge in [0.25, 0.3) is 0 Å². The first kappa shape index (κ1) is 20.1. The molecule has 1 heterocycles. The van der Waals surface area contributed by atoms with Crippen molar-refractivity contribution < 1.29 is 29.9 Å². The van der Waals surface area contributed by atoms with Crippen molar-refractivity contribution in [2.45, 2.75) is 63.4 Å². The summed E-state index contributed by atoms with van der Waals surface area (Å²) in [5.41, 5.74) is 0.521. The summed E-state index contributed by atoms with van der Waals surface area (Å²) in [4.78, 5) is 0. The van der Waals surface area contributed by atoms with Gasteiger partial charge in [-0.05, 0) is 12.5 Å². The van der Waals surface area contributed by atoms with Gasteiger partial charge < -0.3 is 29.9 Å². The Balaban J connectivity index is 2.03. The van der Waals surface area contributed by atoms with E-state index in [0.29, 0.717) is 17.9 Å². The zero-order valence-corrected chi connectivity index (χ0v) is 14.7. The maximum atomic E-state index is 10.3. The Labute approximate surface area is 149 Å². The molecule has 1 aliphatic rings. The lowest BCUT2D eigenvalue weighted by Crippen LogP contribution is -2.55. The molecule has 0 amide bonds. The maximum absolute atomic E-state index is 10.3. The van der Waals surface area contributed by atoms with Gasteiger partial charge in [0.1, 0.15) is 30.2 Å². The highest BCUT2D eigenvalue weighted by molar-refractivity contribution is 5.43. The summed E-state index contributed by atoms with van der Waals surface area (Å²) >= 11 is 0. The molecule has 1 aliphatic heterocycles. The van der Waals surface area contributed by atoms with E-state index in [1.54, 1.807) is 18.2 Å². The van der Waals surface area contributed by atoms with Gasteiger partial charge in [-0.3, -0.25) is 0 Å². The highest BCUT2D eigenvalue weighted by atomic mass is 16.5. The molecule has 6 nitrogen and oxygen atoms in total. The van der Waals surface area contributed by atoms with Crippen molar-refractivity contribution in [2.75, 3.05) is 13.2 Å².